The molecule has 8 nitrogen and oxygen atoms in total. The molecule has 0 bridgehead atoms. The first-order valence-corrected chi connectivity index (χ1v) is 10.1. The lowest BCUT2D eigenvalue weighted by atomic mass is 9.93. The molecule has 0 radical (unpaired) electrons. The van der Waals surface area contributed by atoms with Crippen LogP contribution in [0.25, 0.3) is 0 Å². The fourth-order valence-corrected chi connectivity index (χ4v) is 3.60. The number of carbonyl (C=O) groups excluding carboxylic acids is 1. The van der Waals surface area contributed by atoms with Crippen molar-refractivity contribution in [2.45, 2.75) is 32.6 Å². The number of hydrogen-bond donors (Lipinski definition) is 3. The van der Waals surface area contributed by atoms with Crippen LogP contribution in [-0.2, 0) is 12.8 Å². The molecule has 0 fully saturated rings. The molecule has 9 heteroatoms. The van der Waals surface area contributed by atoms with Crippen molar-refractivity contribution >= 4 is 28.9 Å². The second-order valence-electron chi connectivity index (χ2n) is 6.94. The van der Waals surface area contributed by atoms with Gasteiger partial charge < -0.3 is 24.9 Å². The number of fused-ring (bicyclic) bond motifs is 1. The van der Waals surface area contributed by atoms with Gasteiger partial charge in [0.2, 0.25) is 0 Å². The maximum absolute atomic E-state index is 12.7. The van der Waals surface area contributed by atoms with Crippen molar-refractivity contribution in [2.24, 2.45) is 10.8 Å². The third kappa shape index (κ3) is 4.73. The number of aryl methyl sites for hydroxylation is 1. The van der Waals surface area contributed by atoms with E-state index in [-0.39, 0.29) is 11.0 Å². The van der Waals surface area contributed by atoms with Crippen molar-refractivity contribution in [1.29, 1.82) is 0 Å². The van der Waals surface area contributed by atoms with Gasteiger partial charge in [0.05, 0.1) is 19.9 Å². The molecule has 1 heterocycles. The summed E-state index contributed by atoms with van der Waals surface area (Å²) >= 11 is 4.82. The molecular formula is C21H26N4O4S. The molecule has 0 atom stereocenters. The van der Waals surface area contributed by atoms with Gasteiger partial charge in [-0.2, -0.15) is 5.10 Å². The molecular weight excluding hydrogens is 404 g/mol. The van der Waals surface area contributed by atoms with E-state index in [1.165, 1.54) is 0 Å². The van der Waals surface area contributed by atoms with Crippen LogP contribution in [-0.4, -0.2) is 37.5 Å². The number of furan rings is 1. The number of hydrogen-bond acceptors (Lipinski definition) is 6. The number of rotatable bonds is 7. The van der Waals surface area contributed by atoms with Crippen LogP contribution in [0.1, 0.15) is 45.8 Å². The zero-order valence-electron chi connectivity index (χ0n) is 17.3. The smallest absolute Gasteiger partial charge is 0.287 e. The van der Waals surface area contributed by atoms with Crippen molar-refractivity contribution in [3.63, 3.8) is 0 Å². The zero-order chi connectivity index (χ0) is 21.7. The normalized spacial score (nSPS) is 14.2. The van der Waals surface area contributed by atoms with Gasteiger partial charge in [-0.1, -0.05) is 6.07 Å². The molecule has 30 heavy (non-hydrogen) atoms. The number of nitrogens with one attached hydrogen (secondary N) is 2. The predicted octanol–water partition coefficient (Wildman–Crippen LogP) is 2.45. The summed E-state index contributed by atoms with van der Waals surface area (Å²) in [5.41, 5.74) is 11.6. The first kappa shape index (κ1) is 21.6. The number of hydrazone groups is 1. The lowest BCUT2D eigenvalue weighted by Crippen LogP contribution is -2.27. The van der Waals surface area contributed by atoms with Crippen LogP contribution in [0.5, 0.6) is 11.5 Å². The minimum Gasteiger partial charge on any atom is -0.493 e. The highest BCUT2D eigenvalue weighted by molar-refractivity contribution is 7.80. The maximum atomic E-state index is 12.7. The number of thiocarbonyl (C=S) groups is 1. The molecule has 0 aliphatic heterocycles. The van der Waals surface area contributed by atoms with Gasteiger partial charge in [0.1, 0.15) is 5.76 Å². The summed E-state index contributed by atoms with van der Waals surface area (Å²) in [7, 11) is 3.19. The van der Waals surface area contributed by atoms with E-state index in [1.54, 1.807) is 14.2 Å². The number of carbonyl (C=O) groups is 1. The second kappa shape index (κ2) is 9.62. The van der Waals surface area contributed by atoms with E-state index in [9.17, 15) is 4.79 Å². The summed E-state index contributed by atoms with van der Waals surface area (Å²) < 4.78 is 16.5. The molecule has 4 N–H and O–H groups in total. The fourth-order valence-electron chi connectivity index (χ4n) is 3.56. The lowest BCUT2D eigenvalue weighted by molar-refractivity contribution is 0.0923. The van der Waals surface area contributed by atoms with Crippen LogP contribution in [0.2, 0.25) is 0 Å². The Kier molecular flexibility index (Phi) is 6.94. The van der Waals surface area contributed by atoms with Crippen molar-refractivity contribution in [1.82, 2.24) is 10.7 Å². The lowest BCUT2D eigenvalue weighted by Gasteiger charge is -2.13. The van der Waals surface area contributed by atoms with Crippen LogP contribution < -0.4 is 25.9 Å². The Bertz CT molecular complexity index is 984. The summed E-state index contributed by atoms with van der Waals surface area (Å²) in [6.07, 6.45) is 3.07. The molecule has 0 saturated heterocycles. The molecule has 1 aromatic heterocycles. The third-order valence-corrected chi connectivity index (χ3v) is 5.07. The van der Waals surface area contributed by atoms with Crippen molar-refractivity contribution < 1.29 is 18.7 Å². The van der Waals surface area contributed by atoms with E-state index < -0.39 is 0 Å². The second-order valence-corrected chi connectivity index (χ2v) is 7.38. The Morgan fingerprint density at radius 2 is 2.03 bits per heavy atom. The van der Waals surface area contributed by atoms with E-state index in [1.807, 2.05) is 25.1 Å². The molecule has 0 unspecified atom stereocenters. The third-order valence-electron chi connectivity index (χ3n) is 4.98. The monoisotopic (exact) mass is 430 g/mol. The molecule has 0 saturated carbocycles. The summed E-state index contributed by atoms with van der Waals surface area (Å²) in [5.74, 6) is 2.17. The average molecular weight is 431 g/mol. The number of amides is 1. The topological polar surface area (TPSA) is 111 Å². The standard InChI is InChI=1S/C21H26N4O4S/c1-12-18-14(24-25-21(22)30)5-4-6-16(18)29-19(12)20(26)23-10-9-13-7-8-15(27-2)17(11-13)28-3/h7-8,11H,4-6,9-10H2,1-3H3,(H,23,26)(H3,22,25,30)/b24-14+. The fraction of sp³-hybridized carbons (Fsp3) is 0.381. The highest BCUT2D eigenvalue weighted by Crippen LogP contribution is 2.30. The first-order chi connectivity index (χ1) is 14.4. The van der Waals surface area contributed by atoms with Crippen LogP contribution in [0.15, 0.2) is 27.7 Å². The largest absolute Gasteiger partial charge is 0.493 e. The molecule has 0 spiro atoms. The highest BCUT2D eigenvalue weighted by atomic mass is 32.1. The van der Waals surface area contributed by atoms with E-state index in [0.717, 1.165) is 47.4 Å². The zero-order valence-corrected chi connectivity index (χ0v) is 18.1. The molecule has 2 aromatic rings. The average Bonchev–Trinajstić information content (AvgIpc) is 3.09. The number of methoxy groups -OCH3 is 2. The van der Waals surface area contributed by atoms with Crippen LogP contribution in [0.4, 0.5) is 0 Å². The highest BCUT2D eigenvalue weighted by Gasteiger charge is 2.27. The van der Waals surface area contributed by atoms with E-state index in [2.05, 4.69) is 15.8 Å². The van der Waals surface area contributed by atoms with E-state index >= 15 is 0 Å². The molecule has 1 aromatic carbocycles. The van der Waals surface area contributed by atoms with Gasteiger partial charge in [-0.05, 0) is 56.1 Å². The predicted molar refractivity (Wildman–Crippen MR) is 118 cm³/mol. The summed E-state index contributed by atoms with van der Waals surface area (Å²) in [6.45, 7) is 2.33. The van der Waals surface area contributed by atoms with Gasteiger partial charge in [-0.15, -0.1) is 0 Å². The van der Waals surface area contributed by atoms with E-state index in [4.69, 9.17) is 31.8 Å². The molecule has 1 aliphatic rings. The Hall–Kier alpha value is -3.07. The Morgan fingerprint density at radius 1 is 1.27 bits per heavy atom. The van der Waals surface area contributed by atoms with Crippen LogP contribution in [0, 0.1) is 6.92 Å². The van der Waals surface area contributed by atoms with Gasteiger partial charge in [0, 0.05) is 24.1 Å². The summed E-state index contributed by atoms with van der Waals surface area (Å²) in [5, 5.41) is 7.30. The minimum atomic E-state index is -0.246. The van der Waals surface area contributed by atoms with Crippen molar-refractivity contribution in [3.05, 3.63) is 46.4 Å². The van der Waals surface area contributed by atoms with Crippen LogP contribution in [0.3, 0.4) is 0 Å². The molecule has 3 rings (SSSR count). The summed E-state index contributed by atoms with van der Waals surface area (Å²) in [4.78, 5) is 12.7. The maximum Gasteiger partial charge on any atom is 0.287 e. The van der Waals surface area contributed by atoms with Gasteiger partial charge in [-0.25, -0.2) is 0 Å². The quantitative estimate of drug-likeness (QED) is 0.457. The SMILES string of the molecule is COc1ccc(CCNC(=O)c2oc3c(c2C)/C(=N/NC(N)=S)CCC3)cc1OC. The number of nitrogens with zero attached hydrogens (tertiary/aromatic N) is 1. The van der Waals surface area contributed by atoms with Gasteiger partial charge in [0.15, 0.2) is 22.4 Å². The number of nitrogens with two attached hydrogens (primary N) is 1. The molecule has 160 valence electrons. The number of benzene rings is 1. The minimum absolute atomic E-state index is 0.101. The van der Waals surface area contributed by atoms with Crippen molar-refractivity contribution in [2.75, 3.05) is 20.8 Å². The molecule has 1 aliphatic carbocycles. The van der Waals surface area contributed by atoms with Crippen molar-refractivity contribution in [3.8, 4) is 11.5 Å². The number of ether oxygens (including phenoxy) is 2. The summed E-state index contributed by atoms with van der Waals surface area (Å²) in [6, 6.07) is 5.70. The van der Waals surface area contributed by atoms with Crippen LogP contribution >= 0.6 is 12.2 Å². The van der Waals surface area contributed by atoms with E-state index in [0.29, 0.717) is 30.2 Å². The Labute approximate surface area is 180 Å². The Balaban J connectivity index is 1.68. The van der Waals surface area contributed by atoms with Gasteiger partial charge in [-0.3, -0.25) is 10.2 Å². The first-order valence-electron chi connectivity index (χ1n) is 9.68. The Morgan fingerprint density at radius 3 is 2.73 bits per heavy atom. The van der Waals surface area contributed by atoms with Gasteiger partial charge >= 0.3 is 0 Å². The van der Waals surface area contributed by atoms with Gasteiger partial charge in [0.25, 0.3) is 5.91 Å². The molecule has 1 amide bonds.